The number of hydrogen-bond acceptors (Lipinski definition) is 1. The molecule has 0 bridgehead atoms. The lowest BCUT2D eigenvalue weighted by Gasteiger charge is -2.19. The third kappa shape index (κ3) is 5.01. The summed E-state index contributed by atoms with van der Waals surface area (Å²) in [5, 5.41) is 9.39. The molecule has 0 radical (unpaired) electrons. The smallest absolute Gasteiger partial charge is 0.335 e. The first-order valence-corrected chi connectivity index (χ1v) is 13.0. The van der Waals surface area contributed by atoms with E-state index >= 15 is 0 Å². The Bertz CT molecular complexity index is 1660. The maximum absolute atomic E-state index is 11.4. The number of carbonyl (C=O) groups is 1. The van der Waals surface area contributed by atoms with Gasteiger partial charge in [0, 0.05) is 0 Å². The van der Waals surface area contributed by atoms with Gasteiger partial charge in [-0.1, -0.05) is 127 Å². The molecule has 6 aromatic rings. The Morgan fingerprint density at radius 1 is 0.385 bits per heavy atom. The molecule has 1 N–H and O–H groups in total. The molecule has 0 aliphatic rings. The van der Waals surface area contributed by atoms with E-state index in [1.165, 1.54) is 11.1 Å². The van der Waals surface area contributed by atoms with Crippen molar-refractivity contribution in [2.75, 3.05) is 0 Å². The topological polar surface area (TPSA) is 37.3 Å². The molecule has 0 atom stereocenters. The fourth-order valence-electron chi connectivity index (χ4n) is 5.08. The Morgan fingerprint density at radius 2 is 0.744 bits per heavy atom. The number of rotatable bonds is 6. The van der Waals surface area contributed by atoms with Gasteiger partial charge in [-0.05, 0) is 79.9 Å². The first kappa shape index (κ1) is 24.1. The molecular formula is C37H26O2. The summed E-state index contributed by atoms with van der Waals surface area (Å²) in [4.78, 5) is 11.4. The SMILES string of the molecule is O=C(O)c1ccc(-c2cc(-c3ccccc3)c(-c3ccc(-c4ccccc4)cc3)c(-c3ccccc3)c2)cc1. The average Bonchev–Trinajstić information content (AvgIpc) is 3.02. The second-order valence-corrected chi connectivity index (χ2v) is 9.50. The largest absolute Gasteiger partial charge is 0.478 e. The normalized spacial score (nSPS) is 10.8. The number of aromatic carboxylic acids is 1. The Labute approximate surface area is 228 Å². The first-order chi connectivity index (χ1) is 19.2. The average molecular weight is 503 g/mol. The lowest BCUT2D eigenvalue weighted by atomic mass is 9.84. The summed E-state index contributed by atoms with van der Waals surface area (Å²) in [7, 11) is 0. The fraction of sp³-hybridized carbons (Fsp3) is 0. The van der Waals surface area contributed by atoms with E-state index in [4.69, 9.17) is 0 Å². The second kappa shape index (κ2) is 10.6. The van der Waals surface area contributed by atoms with Gasteiger partial charge < -0.3 is 5.11 Å². The lowest BCUT2D eigenvalue weighted by molar-refractivity contribution is 0.0697. The van der Waals surface area contributed by atoms with Crippen LogP contribution in [0.3, 0.4) is 0 Å². The van der Waals surface area contributed by atoms with Crippen LogP contribution in [-0.4, -0.2) is 11.1 Å². The molecule has 6 rings (SSSR count). The monoisotopic (exact) mass is 502 g/mol. The van der Waals surface area contributed by atoms with E-state index in [-0.39, 0.29) is 5.56 Å². The van der Waals surface area contributed by atoms with Gasteiger partial charge >= 0.3 is 5.97 Å². The molecule has 0 aromatic heterocycles. The summed E-state index contributed by atoms with van der Waals surface area (Å²) >= 11 is 0. The molecule has 0 fully saturated rings. The number of hydrogen-bond donors (Lipinski definition) is 1. The zero-order valence-electron chi connectivity index (χ0n) is 21.3. The molecule has 0 saturated carbocycles. The first-order valence-electron chi connectivity index (χ1n) is 13.0. The highest BCUT2D eigenvalue weighted by molar-refractivity contribution is 5.98. The summed E-state index contributed by atoms with van der Waals surface area (Å²) in [6, 6.07) is 51.6. The predicted molar refractivity (Wildman–Crippen MR) is 161 cm³/mol. The second-order valence-electron chi connectivity index (χ2n) is 9.50. The van der Waals surface area contributed by atoms with Gasteiger partial charge in [0.2, 0.25) is 0 Å². The maximum Gasteiger partial charge on any atom is 0.335 e. The highest BCUT2D eigenvalue weighted by atomic mass is 16.4. The quantitative estimate of drug-likeness (QED) is 0.246. The molecule has 0 aliphatic heterocycles. The lowest BCUT2D eigenvalue weighted by Crippen LogP contribution is -1.96. The minimum absolute atomic E-state index is 0.278. The zero-order valence-corrected chi connectivity index (χ0v) is 21.3. The van der Waals surface area contributed by atoms with Gasteiger partial charge in [-0.3, -0.25) is 0 Å². The van der Waals surface area contributed by atoms with Crippen LogP contribution in [0.15, 0.2) is 152 Å². The Balaban J connectivity index is 1.59. The predicted octanol–water partition coefficient (Wildman–Crippen LogP) is 9.72. The van der Waals surface area contributed by atoms with Crippen LogP contribution in [0.2, 0.25) is 0 Å². The number of carboxylic acid groups (broad SMARTS) is 1. The van der Waals surface area contributed by atoms with E-state index in [1.54, 1.807) is 12.1 Å². The molecule has 2 heteroatoms. The summed E-state index contributed by atoms with van der Waals surface area (Å²) < 4.78 is 0. The van der Waals surface area contributed by atoms with Gasteiger partial charge in [-0.15, -0.1) is 0 Å². The molecule has 6 aromatic carbocycles. The van der Waals surface area contributed by atoms with Crippen LogP contribution >= 0.6 is 0 Å². The Morgan fingerprint density at radius 3 is 1.21 bits per heavy atom. The van der Waals surface area contributed by atoms with Crippen molar-refractivity contribution in [2.45, 2.75) is 0 Å². The van der Waals surface area contributed by atoms with E-state index in [9.17, 15) is 9.90 Å². The van der Waals surface area contributed by atoms with Crippen molar-refractivity contribution in [3.8, 4) is 55.6 Å². The van der Waals surface area contributed by atoms with Crippen molar-refractivity contribution >= 4 is 5.97 Å². The minimum atomic E-state index is -0.925. The third-order valence-corrected chi connectivity index (χ3v) is 7.05. The van der Waals surface area contributed by atoms with Crippen LogP contribution in [0.4, 0.5) is 0 Å². The Kier molecular flexibility index (Phi) is 6.59. The molecule has 0 amide bonds. The Hall–Kier alpha value is -5.21. The van der Waals surface area contributed by atoms with E-state index in [1.807, 2.05) is 30.3 Å². The molecule has 39 heavy (non-hydrogen) atoms. The van der Waals surface area contributed by atoms with Crippen molar-refractivity contribution in [3.05, 3.63) is 157 Å². The van der Waals surface area contributed by atoms with Gasteiger partial charge in [0.05, 0.1) is 5.56 Å². The zero-order chi connectivity index (χ0) is 26.6. The number of carboxylic acids is 1. The molecule has 0 heterocycles. The molecule has 186 valence electrons. The maximum atomic E-state index is 11.4. The van der Waals surface area contributed by atoms with Gasteiger partial charge in [0.15, 0.2) is 0 Å². The standard InChI is InChI=1S/C37H26O2/c38-37(39)32-22-18-28(19-23-32)33-24-34(29-12-6-2-7-13-29)36(35(25-33)30-14-8-3-9-15-30)31-20-16-27(17-21-31)26-10-4-1-5-11-26/h1-25H,(H,38,39). The van der Waals surface area contributed by atoms with Gasteiger partial charge in [0.1, 0.15) is 0 Å². The number of benzene rings is 6. The van der Waals surface area contributed by atoms with Crippen LogP contribution in [0, 0.1) is 0 Å². The van der Waals surface area contributed by atoms with Crippen LogP contribution in [0.1, 0.15) is 10.4 Å². The molecule has 0 unspecified atom stereocenters. The summed E-state index contributed by atoms with van der Waals surface area (Å²) in [5.74, 6) is -0.925. The van der Waals surface area contributed by atoms with E-state index in [2.05, 4.69) is 109 Å². The van der Waals surface area contributed by atoms with Crippen LogP contribution < -0.4 is 0 Å². The molecule has 2 nitrogen and oxygen atoms in total. The van der Waals surface area contributed by atoms with Crippen LogP contribution in [-0.2, 0) is 0 Å². The summed E-state index contributed by atoms with van der Waals surface area (Å²) in [6.07, 6.45) is 0. The molecular weight excluding hydrogens is 476 g/mol. The molecule has 0 spiro atoms. The van der Waals surface area contributed by atoms with E-state index < -0.39 is 5.97 Å². The van der Waals surface area contributed by atoms with Crippen molar-refractivity contribution in [3.63, 3.8) is 0 Å². The van der Waals surface area contributed by atoms with Crippen LogP contribution in [0.25, 0.3) is 55.6 Å². The summed E-state index contributed by atoms with van der Waals surface area (Å²) in [6.45, 7) is 0. The van der Waals surface area contributed by atoms with Crippen molar-refractivity contribution in [2.24, 2.45) is 0 Å². The van der Waals surface area contributed by atoms with Crippen molar-refractivity contribution < 1.29 is 9.90 Å². The molecule has 0 saturated heterocycles. The van der Waals surface area contributed by atoms with Crippen LogP contribution in [0.5, 0.6) is 0 Å². The van der Waals surface area contributed by atoms with Gasteiger partial charge in [-0.25, -0.2) is 4.79 Å². The third-order valence-electron chi connectivity index (χ3n) is 7.05. The van der Waals surface area contributed by atoms with E-state index in [0.717, 1.165) is 44.5 Å². The van der Waals surface area contributed by atoms with E-state index in [0.29, 0.717) is 0 Å². The molecule has 0 aliphatic carbocycles. The van der Waals surface area contributed by atoms with Gasteiger partial charge in [-0.2, -0.15) is 0 Å². The highest BCUT2D eigenvalue weighted by Gasteiger charge is 2.17. The van der Waals surface area contributed by atoms with Crippen molar-refractivity contribution in [1.29, 1.82) is 0 Å². The van der Waals surface area contributed by atoms with Crippen molar-refractivity contribution in [1.82, 2.24) is 0 Å². The summed E-state index contributed by atoms with van der Waals surface area (Å²) in [5.41, 5.74) is 11.5. The van der Waals surface area contributed by atoms with Gasteiger partial charge in [0.25, 0.3) is 0 Å². The minimum Gasteiger partial charge on any atom is -0.478 e. The fourth-order valence-corrected chi connectivity index (χ4v) is 5.08. The highest BCUT2D eigenvalue weighted by Crippen LogP contribution is 2.43.